The molecule has 0 spiro atoms. The Kier molecular flexibility index (Phi) is 4.74. The molecule has 0 aromatic carbocycles. The van der Waals surface area contributed by atoms with Crippen LogP contribution in [-0.4, -0.2) is 72.4 Å². The molecule has 4 nitrogen and oxygen atoms in total. The van der Waals surface area contributed by atoms with Gasteiger partial charge in [-0.25, -0.2) is 0 Å². The Morgan fingerprint density at radius 3 is 2.79 bits per heavy atom. The van der Waals surface area contributed by atoms with Crippen molar-refractivity contribution in [3.05, 3.63) is 0 Å². The number of piperidine rings is 1. The van der Waals surface area contributed by atoms with Crippen LogP contribution in [0.5, 0.6) is 0 Å². The largest absolute Gasteiger partial charge is 0.395 e. The first-order chi connectivity index (χ1) is 9.35. The number of rotatable bonds is 6. The number of hydrogen-bond acceptors (Lipinski definition) is 4. The van der Waals surface area contributed by atoms with Crippen LogP contribution in [0.4, 0.5) is 0 Å². The molecular weight excluding hydrogens is 238 g/mol. The Balaban J connectivity index is 1.39. The average molecular weight is 267 g/mol. The number of nitrogens with zero attached hydrogens (tertiary/aromatic N) is 2. The van der Waals surface area contributed by atoms with E-state index in [0.29, 0.717) is 18.7 Å². The van der Waals surface area contributed by atoms with E-state index in [-0.39, 0.29) is 0 Å². The third-order valence-electron chi connectivity index (χ3n) is 4.98. The highest BCUT2D eigenvalue weighted by molar-refractivity contribution is 4.87. The maximum absolute atomic E-state index is 9.43. The third kappa shape index (κ3) is 3.91. The number of nitrogens with one attached hydrogen (secondary N) is 1. The van der Waals surface area contributed by atoms with Crippen LogP contribution in [0.2, 0.25) is 0 Å². The number of hydrogen-bond donors (Lipinski definition) is 2. The molecule has 3 fully saturated rings. The second kappa shape index (κ2) is 6.53. The van der Waals surface area contributed by atoms with Crippen LogP contribution in [0, 0.1) is 0 Å². The third-order valence-corrected chi connectivity index (χ3v) is 4.98. The van der Waals surface area contributed by atoms with E-state index < -0.39 is 0 Å². The Hall–Kier alpha value is -0.160. The second-order valence-electron chi connectivity index (χ2n) is 6.60. The van der Waals surface area contributed by atoms with Crippen molar-refractivity contribution in [1.82, 2.24) is 15.1 Å². The summed E-state index contributed by atoms with van der Waals surface area (Å²) in [7, 11) is 0. The van der Waals surface area contributed by atoms with E-state index in [1.807, 2.05) is 0 Å². The van der Waals surface area contributed by atoms with E-state index in [2.05, 4.69) is 15.1 Å². The minimum absolute atomic E-state index is 0.292. The smallest absolute Gasteiger partial charge is 0.0585 e. The molecule has 0 aromatic rings. The van der Waals surface area contributed by atoms with Crippen molar-refractivity contribution in [3.8, 4) is 0 Å². The minimum atomic E-state index is 0.292. The zero-order valence-electron chi connectivity index (χ0n) is 12.1. The molecule has 4 heteroatoms. The Bertz CT molecular complexity index is 283. The normalized spacial score (nSPS) is 31.1. The highest BCUT2D eigenvalue weighted by Crippen LogP contribution is 2.22. The van der Waals surface area contributed by atoms with Gasteiger partial charge in [-0.2, -0.15) is 0 Å². The molecule has 2 atom stereocenters. The minimum Gasteiger partial charge on any atom is -0.395 e. The molecule has 0 bridgehead atoms. The van der Waals surface area contributed by atoms with E-state index >= 15 is 0 Å². The second-order valence-corrected chi connectivity index (χ2v) is 6.60. The van der Waals surface area contributed by atoms with Gasteiger partial charge in [0.05, 0.1) is 6.61 Å². The summed E-state index contributed by atoms with van der Waals surface area (Å²) < 4.78 is 0. The first-order valence-corrected chi connectivity index (χ1v) is 8.18. The van der Waals surface area contributed by atoms with Crippen molar-refractivity contribution in [2.24, 2.45) is 0 Å². The molecule has 0 aromatic heterocycles. The first-order valence-electron chi connectivity index (χ1n) is 8.18. The Morgan fingerprint density at radius 1 is 1.11 bits per heavy atom. The lowest BCUT2D eigenvalue weighted by Crippen LogP contribution is -2.55. The van der Waals surface area contributed by atoms with Gasteiger partial charge in [0.1, 0.15) is 0 Å². The van der Waals surface area contributed by atoms with Crippen molar-refractivity contribution < 1.29 is 5.11 Å². The van der Waals surface area contributed by atoms with Crippen LogP contribution in [0.15, 0.2) is 0 Å². The predicted molar refractivity (Wildman–Crippen MR) is 77.3 cm³/mol. The fourth-order valence-electron chi connectivity index (χ4n) is 3.57. The number of aliphatic hydroxyl groups is 1. The molecule has 19 heavy (non-hydrogen) atoms. The summed E-state index contributed by atoms with van der Waals surface area (Å²) in [6.07, 6.45) is 7.90. The zero-order chi connectivity index (χ0) is 13.1. The van der Waals surface area contributed by atoms with Gasteiger partial charge in [-0.15, -0.1) is 0 Å². The molecule has 2 heterocycles. The quantitative estimate of drug-likeness (QED) is 0.741. The van der Waals surface area contributed by atoms with E-state index in [4.69, 9.17) is 0 Å². The highest BCUT2D eigenvalue weighted by atomic mass is 16.3. The maximum atomic E-state index is 9.43. The van der Waals surface area contributed by atoms with Gasteiger partial charge in [-0.3, -0.25) is 4.90 Å². The molecular formula is C15H29N3O. The molecule has 0 radical (unpaired) electrons. The van der Waals surface area contributed by atoms with E-state index in [1.54, 1.807) is 0 Å². The molecule has 1 saturated carbocycles. The standard InChI is InChI=1S/C15H29N3O/c19-12-14(16-13-4-5-13)6-8-17-9-10-18-7-2-1-3-15(18)11-17/h13-16,19H,1-12H2. The van der Waals surface area contributed by atoms with Crippen molar-refractivity contribution in [3.63, 3.8) is 0 Å². The number of aliphatic hydroxyl groups excluding tert-OH is 1. The van der Waals surface area contributed by atoms with Gasteiger partial charge in [0.2, 0.25) is 0 Å². The Morgan fingerprint density at radius 2 is 2.00 bits per heavy atom. The van der Waals surface area contributed by atoms with Crippen LogP contribution in [0.1, 0.15) is 38.5 Å². The molecule has 0 amide bonds. The van der Waals surface area contributed by atoms with E-state index in [9.17, 15) is 5.11 Å². The summed E-state index contributed by atoms with van der Waals surface area (Å²) >= 11 is 0. The molecule has 1 aliphatic carbocycles. The van der Waals surface area contributed by atoms with Crippen LogP contribution in [-0.2, 0) is 0 Å². The zero-order valence-corrected chi connectivity index (χ0v) is 12.1. The summed E-state index contributed by atoms with van der Waals surface area (Å²) in [6, 6.07) is 1.83. The predicted octanol–water partition coefficient (Wildman–Crippen LogP) is 0.660. The van der Waals surface area contributed by atoms with Gasteiger partial charge < -0.3 is 15.3 Å². The van der Waals surface area contributed by atoms with Crippen LogP contribution >= 0.6 is 0 Å². The molecule has 2 saturated heterocycles. The van der Waals surface area contributed by atoms with Gasteiger partial charge in [-0.05, 0) is 45.2 Å². The monoisotopic (exact) mass is 267 g/mol. The van der Waals surface area contributed by atoms with Gasteiger partial charge in [0.15, 0.2) is 0 Å². The summed E-state index contributed by atoms with van der Waals surface area (Å²) in [4.78, 5) is 5.30. The SMILES string of the molecule is OCC(CCN1CCN2CCCCC2C1)NC1CC1. The van der Waals surface area contributed by atoms with Gasteiger partial charge in [0.25, 0.3) is 0 Å². The van der Waals surface area contributed by atoms with Gasteiger partial charge >= 0.3 is 0 Å². The van der Waals surface area contributed by atoms with Gasteiger partial charge in [0, 0.05) is 37.8 Å². The van der Waals surface area contributed by atoms with Crippen LogP contribution in [0.25, 0.3) is 0 Å². The highest BCUT2D eigenvalue weighted by Gasteiger charge is 2.29. The maximum Gasteiger partial charge on any atom is 0.0585 e. The molecule has 3 rings (SSSR count). The van der Waals surface area contributed by atoms with Crippen molar-refractivity contribution in [1.29, 1.82) is 0 Å². The number of fused-ring (bicyclic) bond motifs is 1. The number of piperazine rings is 1. The average Bonchev–Trinajstić information content (AvgIpc) is 3.27. The van der Waals surface area contributed by atoms with E-state index in [1.165, 1.54) is 58.3 Å². The summed E-state index contributed by atoms with van der Waals surface area (Å²) in [6.45, 7) is 6.49. The molecule has 2 N–H and O–H groups in total. The van der Waals surface area contributed by atoms with Crippen molar-refractivity contribution >= 4 is 0 Å². The fraction of sp³-hybridized carbons (Fsp3) is 1.00. The molecule has 2 unspecified atom stereocenters. The van der Waals surface area contributed by atoms with Crippen LogP contribution < -0.4 is 5.32 Å². The topological polar surface area (TPSA) is 38.7 Å². The fourth-order valence-corrected chi connectivity index (χ4v) is 3.57. The Labute approximate surface area is 117 Å². The summed E-state index contributed by atoms with van der Waals surface area (Å²) in [5.74, 6) is 0. The molecule has 110 valence electrons. The lowest BCUT2D eigenvalue weighted by atomic mass is 9.99. The lowest BCUT2D eigenvalue weighted by Gasteiger charge is -2.44. The van der Waals surface area contributed by atoms with Crippen molar-refractivity contribution in [2.75, 3.05) is 39.3 Å². The summed E-state index contributed by atoms with van der Waals surface area (Å²) in [5.41, 5.74) is 0. The van der Waals surface area contributed by atoms with Crippen molar-refractivity contribution in [2.45, 2.75) is 56.7 Å². The van der Waals surface area contributed by atoms with E-state index in [0.717, 1.165) is 19.0 Å². The van der Waals surface area contributed by atoms with Crippen LogP contribution in [0.3, 0.4) is 0 Å². The van der Waals surface area contributed by atoms with Gasteiger partial charge in [-0.1, -0.05) is 6.42 Å². The molecule has 3 aliphatic rings. The lowest BCUT2D eigenvalue weighted by molar-refractivity contribution is 0.0464. The molecule has 2 aliphatic heterocycles. The summed E-state index contributed by atoms with van der Waals surface area (Å²) in [5, 5.41) is 13.0. The first kappa shape index (κ1) is 13.8.